The number of ether oxygens (including phenoxy) is 1. The molecular formula is C11H10N2O4. The first-order valence-corrected chi connectivity index (χ1v) is 4.87. The van der Waals surface area contributed by atoms with E-state index in [0.29, 0.717) is 5.56 Å². The van der Waals surface area contributed by atoms with Crippen molar-refractivity contribution in [2.75, 3.05) is 6.61 Å². The van der Waals surface area contributed by atoms with Gasteiger partial charge in [0.25, 0.3) is 5.69 Å². The molecular weight excluding hydrogens is 224 g/mol. The van der Waals surface area contributed by atoms with E-state index >= 15 is 0 Å². The average Bonchev–Trinajstić information content (AvgIpc) is 2.28. The summed E-state index contributed by atoms with van der Waals surface area (Å²) in [6.07, 6.45) is 0. The first kappa shape index (κ1) is 12.6. The van der Waals surface area contributed by atoms with Gasteiger partial charge in [-0.15, -0.1) is 0 Å². The van der Waals surface area contributed by atoms with Crippen LogP contribution in [0.4, 0.5) is 5.69 Å². The number of aryl methyl sites for hydroxylation is 1. The van der Waals surface area contributed by atoms with Crippen molar-refractivity contribution in [2.24, 2.45) is 0 Å². The van der Waals surface area contributed by atoms with Gasteiger partial charge in [0.15, 0.2) is 0 Å². The quantitative estimate of drug-likeness (QED) is 0.452. The van der Waals surface area contributed by atoms with Crippen molar-refractivity contribution < 1.29 is 14.5 Å². The van der Waals surface area contributed by atoms with Gasteiger partial charge in [0, 0.05) is 6.07 Å². The van der Waals surface area contributed by atoms with E-state index < -0.39 is 10.9 Å². The van der Waals surface area contributed by atoms with E-state index in [4.69, 9.17) is 10.00 Å². The van der Waals surface area contributed by atoms with Gasteiger partial charge in [-0.2, -0.15) is 5.26 Å². The second-order valence-corrected chi connectivity index (χ2v) is 3.28. The van der Waals surface area contributed by atoms with Gasteiger partial charge in [0.1, 0.15) is 11.6 Å². The van der Waals surface area contributed by atoms with E-state index in [-0.39, 0.29) is 23.4 Å². The first-order chi connectivity index (χ1) is 8.01. The Hall–Kier alpha value is -2.42. The summed E-state index contributed by atoms with van der Waals surface area (Å²) >= 11 is 0. The largest absolute Gasteiger partial charge is 0.462 e. The summed E-state index contributed by atoms with van der Waals surface area (Å²) in [4.78, 5) is 21.5. The Labute approximate surface area is 97.6 Å². The fourth-order valence-corrected chi connectivity index (χ4v) is 1.39. The van der Waals surface area contributed by atoms with Gasteiger partial charge in [-0.05, 0) is 25.5 Å². The Balaban J connectivity index is 3.35. The number of nitriles is 1. The SMILES string of the molecule is CCOC(=O)c1cc(C)c(C#N)c([N+](=O)[O-])c1. The summed E-state index contributed by atoms with van der Waals surface area (Å²) in [7, 11) is 0. The molecule has 0 saturated heterocycles. The Morgan fingerprint density at radius 1 is 1.59 bits per heavy atom. The van der Waals surface area contributed by atoms with E-state index in [1.165, 1.54) is 13.0 Å². The van der Waals surface area contributed by atoms with Crippen molar-refractivity contribution in [1.82, 2.24) is 0 Å². The predicted molar refractivity (Wildman–Crippen MR) is 58.5 cm³/mol. The molecule has 0 aliphatic heterocycles. The maximum atomic E-state index is 11.4. The van der Waals surface area contributed by atoms with Crippen LogP contribution in [0.1, 0.15) is 28.4 Å². The highest BCUT2D eigenvalue weighted by molar-refractivity contribution is 5.91. The van der Waals surface area contributed by atoms with Gasteiger partial charge in [0.2, 0.25) is 0 Å². The Kier molecular flexibility index (Phi) is 3.78. The molecule has 0 fully saturated rings. The lowest BCUT2D eigenvalue weighted by molar-refractivity contribution is -0.385. The highest BCUT2D eigenvalue weighted by Gasteiger charge is 2.20. The van der Waals surface area contributed by atoms with Crippen LogP contribution in [0.5, 0.6) is 0 Å². The number of nitro benzene ring substituents is 1. The number of carbonyl (C=O) groups excluding carboxylic acids is 1. The summed E-state index contributed by atoms with van der Waals surface area (Å²) < 4.78 is 4.75. The van der Waals surface area contributed by atoms with Gasteiger partial charge in [0.05, 0.1) is 17.1 Å². The van der Waals surface area contributed by atoms with Crippen molar-refractivity contribution in [2.45, 2.75) is 13.8 Å². The lowest BCUT2D eigenvalue weighted by atomic mass is 10.0. The molecule has 0 heterocycles. The molecule has 0 unspecified atom stereocenters. The standard InChI is InChI=1S/C11H10N2O4/c1-3-17-11(14)8-4-7(2)9(6-12)10(5-8)13(15)16/h4-5H,3H2,1-2H3. The fraction of sp³-hybridized carbons (Fsp3) is 0.273. The molecule has 0 spiro atoms. The van der Waals surface area contributed by atoms with Crippen molar-refractivity contribution in [3.05, 3.63) is 38.9 Å². The van der Waals surface area contributed by atoms with Crippen LogP contribution >= 0.6 is 0 Å². The molecule has 0 bridgehead atoms. The molecule has 88 valence electrons. The summed E-state index contributed by atoms with van der Waals surface area (Å²) in [5, 5.41) is 19.6. The number of benzene rings is 1. The normalized spacial score (nSPS) is 9.47. The van der Waals surface area contributed by atoms with E-state index in [1.54, 1.807) is 13.0 Å². The molecule has 0 aliphatic carbocycles. The molecule has 0 aliphatic rings. The second-order valence-electron chi connectivity index (χ2n) is 3.28. The monoisotopic (exact) mass is 234 g/mol. The van der Waals surface area contributed by atoms with Crippen LogP contribution in [0.15, 0.2) is 12.1 Å². The molecule has 6 nitrogen and oxygen atoms in total. The third-order valence-electron chi connectivity index (χ3n) is 2.13. The molecule has 0 amide bonds. The zero-order valence-corrected chi connectivity index (χ0v) is 9.39. The number of hydrogen-bond acceptors (Lipinski definition) is 5. The molecule has 6 heteroatoms. The fourth-order valence-electron chi connectivity index (χ4n) is 1.39. The third kappa shape index (κ3) is 2.58. The van der Waals surface area contributed by atoms with Crippen LogP contribution in [0.3, 0.4) is 0 Å². The van der Waals surface area contributed by atoms with E-state index in [0.717, 1.165) is 6.07 Å². The molecule has 0 N–H and O–H groups in total. The summed E-state index contributed by atoms with van der Waals surface area (Å²) in [6.45, 7) is 3.36. The molecule has 0 atom stereocenters. The number of esters is 1. The zero-order chi connectivity index (χ0) is 13.0. The van der Waals surface area contributed by atoms with Crippen LogP contribution in [-0.4, -0.2) is 17.5 Å². The Morgan fingerprint density at radius 2 is 2.24 bits per heavy atom. The van der Waals surface area contributed by atoms with Crippen LogP contribution in [-0.2, 0) is 4.74 Å². The zero-order valence-electron chi connectivity index (χ0n) is 9.39. The molecule has 1 rings (SSSR count). The highest BCUT2D eigenvalue weighted by Crippen LogP contribution is 2.23. The van der Waals surface area contributed by atoms with Crippen LogP contribution in [0, 0.1) is 28.4 Å². The minimum atomic E-state index is -0.686. The van der Waals surface area contributed by atoms with Crippen molar-refractivity contribution in [1.29, 1.82) is 5.26 Å². The van der Waals surface area contributed by atoms with Crippen LogP contribution in [0.25, 0.3) is 0 Å². The van der Waals surface area contributed by atoms with Gasteiger partial charge in [-0.25, -0.2) is 4.79 Å². The van der Waals surface area contributed by atoms with Crippen LogP contribution in [0.2, 0.25) is 0 Å². The number of nitrogens with zero attached hydrogens (tertiary/aromatic N) is 2. The molecule has 0 saturated carbocycles. The summed E-state index contributed by atoms with van der Waals surface area (Å²) in [5.41, 5.74) is 0.0402. The molecule has 17 heavy (non-hydrogen) atoms. The van der Waals surface area contributed by atoms with Gasteiger partial charge in [-0.3, -0.25) is 10.1 Å². The predicted octanol–water partition coefficient (Wildman–Crippen LogP) is 1.95. The van der Waals surface area contributed by atoms with Gasteiger partial charge in [-0.1, -0.05) is 0 Å². The smallest absolute Gasteiger partial charge is 0.338 e. The lowest BCUT2D eigenvalue weighted by Crippen LogP contribution is -2.07. The number of rotatable bonds is 3. The van der Waals surface area contributed by atoms with Crippen molar-refractivity contribution >= 4 is 11.7 Å². The molecule has 1 aromatic rings. The van der Waals surface area contributed by atoms with E-state index in [2.05, 4.69) is 0 Å². The minimum absolute atomic E-state index is 0.0388. The minimum Gasteiger partial charge on any atom is -0.462 e. The van der Waals surface area contributed by atoms with Gasteiger partial charge >= 0.3 is 5.97 Å². The van der Waals surface area contributed by atoms with Crippen molar-refractivity contribution in [3.8, 4) is 6.07 Å². The lowest BCUT2D eigenvalue weighted by Gasteiger charge is -2.04. The maximum Gasteiger partial charge on any atom is 0.338 e. The summed E-state index contributed by atoms with van der Waals surface area (Å²) in [5.74, 6) is -0.636. The van der Waals surface area contributed by atoms with Gasteiger partial charge < -0.3 is 4.74 Å². The molecule has 0 radical (unpaired) electrons. The third-order valence-corrected chi connectivity index (χ3v) is 2.13. The van der Waals surface area contributed by atoms with E-state index in [9.17, 15) is 14.9 Å². The average molecular weight is 234 g/mol. The van der Waals surface area contributed by atoms with Crippen molar-refractivity contribution in [3.63, 3.8) is 0 Å². The number of hydrogen-bond donors (Lipinski definition) is 0. The molecule has 0 aromatic heterocycles. The number of nitro groups is 1. The maximum absolute atomic E-state index is 11.4. The number of carbonyl (C=O) groups is 1. The molecule has 1 aromatic carbocycles. The second kappa shape index (κ2) is 5.07. The topological polar surface area (TPSA) is 93.2 Å². The summed E-state index contributed by atoms with van der Waals surface area (Å²) in [6, 6.07) is 4.21. The Morgan fingerprint density at radius 3 is 2.71 bits per heavy atom. The first-order valence-electron chi connectivity index (χ1n) is 4.87. The highest BCUT2D eigenvalue weighted by atomic mass is 16.6. The Bertz CT molecular complexity index is 517. The van der Waals surface area contributed by atoms with Crippen LogP contribution < -0.4 is 0 Å². The van der Waals surface area contributed by atoms with E-state index in [1.807, 2.05) is 0 Å².